The summed E-state index contributed by atoms with van der Waals surface area (Å²) in [5.74, 6) is -0.918. The fourth-order valence-electron chi connectivity index (χ4n) is 3.11. The minimum Gasteiger partial charge on any atom is -0.395 e. The molecule has 10 heteroatoms. The molecule has 2 aromatic carbocycles. The maximum atomic E-state index is 13.1. The van der Waals surface area contributed by atoms with Gasteiger partial charge in [0.15, 0.2) is 11.5 Å². The van der Waals surface area contributed by atoms with Crippen LogP contribution in [0.2, 0.25) is 0 Å². The molecule has 1 fully saturated rings. The van der Waals surface area contributed by atoms with Crippen LogP contribution in [0.15, 0.2) is 47.4 Å². The molecule has 2 aliphatic rings. The number of rotatable bonds is 4. The first kappa shape index (κ1) is 18.6. The molecule has 0 atom stereocenters. The summed E-state index contributed by atoms with van der Waals surface area (Å²) in [6, 6.07) is 9.53. The van der Waals surface area contributed by atoms with E-state index in [4.69, 9.17) is 0 Å². The normalized spacial score (nSPS) is 18.2. The third-order valence-electron chi connectivity index (χ3n) is 4.46. The van der Waals surface area contributed by atoms with E-state index in [9.17, 15) is 22.0 Å². The largest absolute Gasteiger partial charge is 0.586 e. The number of carbonyl (C=O) groups is 1. The Hall–Kier alpha value is -2.72. The second kappa shape index (κ2) is 6.71. The highest BCUT2D eigenvalue weighted by atomic mass is 32.2. The molecular formula is C18H16F2N2O5S. The predicted octanol–water partition coefficient (Wildman–Crippen LogP) is 3.04. The second-order valence-corrected chi connectivity index (χ2v) is 8.36. The van der Waals surface area contributed by atoms with Crippen molar-refractivity contribution in [1.82, 2.24) is 4.31 Å². The lowest BCUT2D eigenvalue weighted by atomic mass is 10.2. The van der Waals surface area contributed by atoms with Crippen LogP contribution in [0.4, 0.5) is 14.5 Å². The number of hydrogen-bond donors (Lipinski definition) is 1. The molecule has 2 aliphatic heterocycles. The van der Waals surface area contributed by atoms with Gasteiger partial charge in [0, 0.05) is 30.4 Å². The van der Waals surface area contributed by atoms with Crippen molar-refractivity contribution in [3.05, 3.63) is 48.0 Å². The van der Waals surface area contributed by atoms with Crippen LogP contribution in [0.25, 0.3) is 0 Å². The van der Waals surface area contributed by atoms with Gasteiger partial charge in [-0.2, -0.15) is 4.31 Å². The fourth-order valence-corrected chi connectivity index (χ4v) is 4.67. The van der Waals surface area contributed by atoms with Crippen molar-refractivity contribution in [3.8, 4) is 11.5 Å². The van der Waals surface area contributed by atoms with Crippen LogP contribution >= 0.6 is 0 Å². The number of ether oxygens (including phenoxy) is 2. The molecule has 0 aromatic heterocycles. The summed E-state index contributed by atoms with van der Waals surface area (Å²) in [5, 5.41) is 2.54. The van der Waals surface area contributed by atoms with E-state index in [2.05, 4.69) is 14.8 Å². The molecular weight excluding hydrogens is 394 g/mol. The minimum atomic E-state index is -3.75. The van der Waals surface area contributed by atoms with Gasteiger partial charge in [-0.05, 0) is 43.2 Å². The van der Waals surface area contributed by atoms with Crippen LogP contribution in [-0.2, 0) is 10.0 Å². The third-order valence-corrected chi connectivity index (χ3v) is 6.35. The van der Waals surface area contributed by atoms with Crippen molar-refractivity contribution in [1.29, 1.82) is 0 Å². The van der Waals surface area contributed by atoms with Gasteiger partial charge >= 0.3 is 6.29 Å². The number of amides is 1. The number of carbonyl (C=O) groups excluding carboxylic acids is 1. The lowest BCUT2D eigenvalue weighted by Gasteiger charge is -2.16. The zero-order valence-electron chi connectivity index (χ0n) is 14.5. The summed E-state index contributed by atoms with van der Waals surface area (Å²) in [7, 11) is -3.66. The summed E-state index contributed by atoms with van der Waals surface area (Å²) in [4.78, 5) is 12.5. The molecule has 0 radical (unpaired) electrons. The van der Waals surface area contributed by atoms with E-state index in [0.29, 0.717) is 13.1 Å². The Kier molecular flexibility index (Phi) is 4.47. The van der Waals surface area contributed by atoms with Gasteiger partial charge in [-0.15, -0.1) is 8.78 Å². The molecule has 148 valence electrons. The number of fused-ring (bicyclic) bond motifs is 1. The summed E-state index contributed by atoms with van der Waals surface area (Å²) in [6.45, 7) is 0.918. The number of alkyl halides is 2. The summed E-state index contributed by atoms with van der Waals surface area (Å²) in [6.07, 6.45) is -2.13. The number of halogens is 2. The summed E-state index contributed by atoms with van der Waals surface area (Å²) >= 11 is 0. The second-order valence-electron chi connectivity index (χ2n) is 6.42. The molecule has 1 saturated heterocycles. The Bertz CT molecular complexity index is 1040. The number of hydrogen-bond acceptors (Lipinski definition) is 5. The van der Waals surface area contributed by atoms with Crippen LogP contribution in [0.3, 0.4) is 0 Å². The van der Waals surface area contributed by atoms with Gasteiger partial charge in [0.25, 0.3) is 5.91 Å². The van der Waals surface area contributed by atoms with E-state index in [1.165, 1.54) is 46.8 Å². The van der Waals surface area contributed by atoms with Crippen LogP contribution in [-0.4, -0.2) is 38.0 Å². The van der Waals surface area contributed by atoms with Crippen LogP contribution in [0.5, 0.6) is 11.5 Å². The fraction of sp³-hybridized carbons (Fsp3) is 0.278. The molecule has 4 rings (SSSR count). The first-order valence-electron chi connectivity index (χ1n) is 8.56. The molecule has 0 unspecified atom stereocenters. The van der Waals surface area contributed by atoms with Gasteiger partial charge in [-0.25, -0.2) is 8.42 Å². The molecule has 1 N–H and O–H groups in total. The van der Waals surface area contributed by atoms with Crippen molar-refractivity contribution in [2.45, 2.75) is 24.0 Å². The van der Waals surface area contributed by atoms with E-state index in [1.54, 1.807) is 0 Å². The van der Waals surface area contributed by atoms with Gasteiger partial charge in [0.05, 0.1) is 4.90 Å². The molecule has 7 nitrogen and oxygen atoms in total. The average Bonchev–Trinajstić information content (AvgIpc) is 3.28. The zero-order chi connectivity index (χ0) is 19.9. The average molecular weight is 410 g/mol. The van der Waals surface area contributed by atoms with Crippen molar-refractivity contribution in [2.24, 2.45) is 0 Å². The topological polar surface area (TPSA) is 84.9 Å². The van der Waals surface area contributed by atoms with Crippen molar-refractivity contribution >= 4 is 21.6 Å². The van der Waals surface area contributed by atoms with Gasteiger partial charge in [0.2, 0.25) is 10.0 Å². The van der Waals surface area contributed by atoms with Gasteiger partial charge in [-0.3, -0.25) is 4.79 Å². The monoisotopic (exact) mass is 410 g/mol. The predicted molar refractivity (Wildman–Crippen MR) is 95.0 cm³/mol. The Morgan fingerprint density at radius 3 is 2.50 bits per heavy atom. The molecule has 0 saturated carbocycles. The number of anilines is 1. The highest BCUT2D eigenvalue weighted by Crippen LogP contribution is 2.42. The highest BCUT2D eigenvalue weighted by Gasteiger charge is 2.43. The summed E-state index contributed by atoms with van der Waals surface area (Å²) < 4.78 is 61.5. The number of sulfonamides is 1. The molecule has 0 bridgehead atoms. The third kappa shape index (κ3) is 3.52. The maximum Gasteiger partial charge on any atom is 0.586 e. The maximum absolute atomic E-state index is 13.1. The van der Waals surface area contributed by atoms with Gasteiger partial charge in [-0.1, -0.05) is 6.07 Å². The van der Waals surface area contributed by atoms with Crippen molar-refractivity contribution in [3.63, 3.8) is 0 Å². The number of nitrogens with zero attached hydrogens (tertiary/aromatic N) is 1. The van der Waals surface area contributed by atoms with Crippen LogP contribution in [0.1, 0.15) is 23.2 Å². The lowest BCUT2D eigenvalue weighted by Crippen LogP contribution is -2.28. The van der Waals surface area contributed by atoms with E-state index < -0.39 is 22.2 Å². The Morgan fingerprint density at radius 1 is 1.04 bits per heavy atom. The van der Waals surface area contributed by atoms with E-state index in [1.807, 2.05) is 0 Å². The molecule has 2 heterocycles. The van der Waals surface area contributed by atoms with Crippen LogP contribution in [0, 0.1) is 0 Å². The molecule has 0 spiro atoms. The van der Waals surface area contributed by atoms with Crippen molar-refractivity contribution < 1.29 is 31.5 Å². The van der Waals surface area contributed by atoms with E-state index >= 15 is 0 Å². The molecule has 2 aromatic rings. The highest BCUT2D eigenvalue weighted by molar-refractivity contribution is 7.89. The standard InChI is InChI=1S/C18H16F2N2O5S/c19-18(20)26-15-7-6-13(11-16(15)27-18)21-17(23)12-4-3-5-14(10-12)28(24,25)22-8-1-2-9-22/h3-7,10-11H,1-2,8-9H2,(H,21,23). The number of benzene rings is 2. The minimum absolute atomic E-state index is 0.0346. The Labute approximate surface area is 159 Å². The van der Waals surface area contributed by atoms with E-state index in [0.717, 1.165) is 12.8 Å². The van der Waals surface area contributed by atoms with Gasteiger partial charge in [0.1, 0.15) is 0 Å². The first-order valence-corrected chi connectivity index (χ1v) is 10.0. The first-order chi connectivity index (χ1) is 13.2. The number of nitrogens with one attached hydrogen (secondary N) is 1. The smallest absolute Gasteiger partial charge is 0.395 e. The lowest BCUT2D eigenvalue weighted by molar-refractivity contribution is -0.286. The Morgan fingerprint density at radius 2 is 1.75 bits per heavy atom. The molecule has 28 heavy (non-hydrogen) atoms. The quantitative estimate of drug-likeness (QED) is 0.838. The van der Waals surface area contributed by atoms with E-state index in [-0.39, 0.29) is 27.6 Å². The van der Waals surface area contributed by atoms with Crippen LogP contribution < -0.4 is 14.8 Å². The Balaban J connectivity index is 1.54. The molecule has 0 aliphatic carbocycles. The SMILES string of the molecule is O=C(Nc1ccc2c(c1)OC(F)(F)O2)c1cccc(S(=O)(=O)N2CCCC2)c1. The molecule has 1 amide bonds. The van der Waals surface area contributed by atoms with Gasteiger partial charge < -0.3 is 14.8 Å². The zero-order valence-corrected chi connectivity index (χ0v) is 15.3. The summed E-state index contributed by atoms with van der Waals surface area (Å²) in [5.41, 5.74) is 0.334. The van der Waals surface area contributed by atoms with Crippen molar-refractivity contribution in [2.75, 3.05) is 18.4 Å².